The lowest BCUT2D eigenvalue weighted by Gasteiger charge is -2.41. The van der Waals surface area contributed by atoms with E-state index in [0.717, 1.165) is 38.5 Å². The highest BCUT2D eigenvalue weighted by atomic mass is 16.8. The summed E-state index contributed by atoms with van der Waals surface area (Å²) >= 11 is 0. The normalized spacial score (nSPS) is 43.3. The number of aliphatic hydroxyl groups is 1. The van der Waals surface area contributed by atoms with Crippen molar-refractivity contribution in [2.24, 2.45) is 0 Å². The summed E-state index contributed by atoms with van der Waals surface area (Å²) in [6.45, 7) is 4.47. The number of aliphatic hydroxyl groups excluding tert-OH is 1. The van der Waals surface area contributed by atoms with Gasteiger partial charge in [0.1, 0.15) is 6.10 Å². The molecule has 0 unspecified atom stereocenters. The highest BCUT2D eigenvalue weighted by Crippen LogP contribution is 2.53. The lowest BCUT2D eigenvalue weighted by atomic mass is 9.78. The third kappa shape index (κ3) is 3.16. The first-order valence-electron chi connectivity index (χ1n) is 10.4. The van der Waals surface area contributed by atoms with Crippen molar-refractivity contribution in [3.63, 3.8) is 0 Å². The maximum absolute atomic E-state index is 9.35. The van der Waals surface area contributed by atoms with Gasteiger partial charge in [-0.25, -0.2) is 0 Å². The van der Waals surface area contributed by atoms with Gasteiger partial charge in [0.05, 0.1) is 30.0 Å². The second kappa shape index (κ2) is 7.08. The summed E-state index contributed by atoms with van der Waals surface area (Å²) in [6.07, 6.45) is 10.4. The second-order valence-electron chi connectivity index (χ2n) is 8.41. The topological polar surface area (TPSA) is 57.2 Å². The van der Waals surface area contributed by atoms with Crippen molar-refractivity contribution < 1.29 is 24.1 Å². The fourth-order valence-corrected chi connectivity index (χ4v) is 5.56. The zero-order chi connectivity index (χ0) is 17.5. The summed E-state index contributed by atoms with van der Waals surface area (Å²) in [5.74, 6) is -0.362. The Balaban J connectivity index is 1.52. The molecule has 1 N–H and O–H groups in total. The van der Waals surface area contributed by atoms with Gasteiger partial charge in [-0.15, -0.1) is 0 Å². The number of ether oxygens (including phenoxy) is 4. The van der Waals surface area contributed by atoms with E-state index in [1.54, 1.807) is 0 Å². The maximum atomic E-state index is 9.35. The highest BCUT2D eigenvalue weighted by Gasteiger charge is 2.64. The summed E-state index contributed by atoms with van der Waals surface area (Å²) in [4.78, 5) is 0. The molecule has 5 heteroatoms. The molecule has 144 valence electrons. The molecule has 4 rings (SSSR count). The minimum atomic E-state index is -0.362. The average Bonchev–Trinajstić information content (AvgIpc) is 3.11. The molecule has 0 aromatic heterocycles. The van der Waals surface area contributed by atoms with E-state index in [1.807, 2.05) is 0 Å². The van der Waals surface area contributed by atoms with E-state index in [0.29, 0.717) is 6.42 Å². The van der Waals surface area contributed by atoms with Gasteiger partial charge in [0.2, 0.25) is 0 Å². The van der Waals surface area contributed by atoms with Crippen LogP contribution in [-0.2, 0) is 18.9 Å². The van der Waals surface area contributed by atoms with Crippen LogP contribution < -0.4 is 0 Å². The Morgan fingerprint density at radius 2 is 1.84 bits per heavy atom. The molecule has 2 saturated heterocycles. The predicted octanol–water partition coefficient (Wildman–Crippen LogP) is 3.32. The Kier molecular flexibility index (Phi) is 5.15. The van der Waals surface area contributed by atoms with Crippen molar-refractivity contribution in [1.82, 2.24) is 0 Å². The zero-order valence-corrected chi connectivity index (χ0v) is 15.7. The van der Waals surface area contributed by atoms with E-state index in [9.17, 15) is 5.11 Å². The molecule has 1 spiro atoms. The van der Waals surface area contributed by atoms with E-state index < -0.39 is 0 Å². The molecular weight excluding hydrogens is 320 g/mol. The lowest BCUT2D eigenvalue weighted by molar-refractivity contribution is -0.209. The summed E-state index contributed by atoms with van der Waals surface area (Å²) in [6, 6.07) is 0. The van der Waals surface area contributed by atoms with Gasteiger partial charge in [-0.1, -0.05) is 20.3 Å². The minimum absolute atomic E-state index is 0.0595. The molecule has 5 nitrogen and oxygen atoms in total. The van der Waals surface area contributed by atoms with Crippen LogP contribution in [0.15, 0.2) is 0 Å². The zero-order valence-electron chi connectivity index (χ0n) is 15.7. The molecule has 0 amide bonds. The maximum Gasteiger partial charge on any atom is 0.169 e. The largest absolute Gasteiger partial charge is 0.396 e. The van der Waals surface area contributed by atoms with E-state index in [1.165, 1.54) is 19.3 Å². The summed E-state index contributed by atoms with van der Waals surface area (Å²) in [5.41, 5.74) is -0.278. The molecule has 4 fully saturated rings. The molecule has 0 radical (unpaired) electrons. The van der Waals surface area contributed by atoms with Gasteiger partial charge >= 0.3 is 0 Å². The van der Waals surface area contributed by atoms with Crippen molar-refractivity contribution >= 4 is 0 Å². The van der Waals surface area contributed by atoms with E-state index >= 15 is 0 Å². The van der Waals surface area contributed by atoms with Gasteiger partial charge < -0.3 is 24.1 Å². The molecule has 0 aromatic carbocycles. The van der Waals surface area contributed by atoms with Crippen molar-refractivity contribution in [1.29, 1.82) is 0 Å². The number of rotatable bonds is 6. The van der Waals surface area contributed by atoms with Crippen molar-refractivity contribution in [3.8, 4) is 0 Å². The van der Waals surface area contributed by atoms with Crippen LogP contribution in [0.2, 0.25) is 0 Å². The third-order valence-corrected chi connectivity index (χ3v) is 6.76. The third-order valence-electron chi connectivity index (χ3n) is 6.76. The standard InChI is InChI=1S/C20H34O5/c1-3-14(8-11-21)23-19-12-15(22-17(19)4-2)18-16(13-19)24-20(25-18)9-6-5-7-10-20/h14-18,21H,3-13H2,1-2H3/t14-,15-,16-,17+,18+,19-/m1/s1. The molecule has 2 aliphatic carbocycles. The molecule has 25 heavy (non-hydrogen) atoms. The molecular formula is C20H34O5. The monoisotopic (exact) mass is 354 g/mol. The van der Waals surface area contributed by atoms with Crippen LogP contribution in [0.1, 0.15) is 78.1 Å². The van der Waals surface area contributed by atoms with Crippen LogP contribution in [0.4, 0.5) is 0 Å². The van der Waals surface area contributed by atoms with Crippen molar-refractivity contribution in [2.75, 3.05) is 6.61 Å². The minimum Gasteiger partial charge on any atom is -0.396 e. The van der Waals surface area contributed by atoms with Crippen LogP contribution in [0, 0.1) is 0 Å². The SMILES string of the molecule is CC[C@H](CCO)O[C@@]12C[C@@H](O[C@H]1CC)[C@@H]1OC3(CCCCC3)O[C@@H]1C2. The van der Waals surface area contributed by atoms with Gasteiger partial charge in [-0.3, -0.25) is 0 Å². The van der Waals surface area contributed by atoms with Gasteiger partial charge in [0, 0.05) is 32.3 Å². The Morgan fingerprint density at radius 1 is 1.08 bits per heavy atom. The number of hydrogen-bond acceptors (Lipinski definition) is 5. The van der Waals surface area contributed by atoms with Crippen LogP contribution in [0.3, 0.4) is 0 Å². The van der Waals surface area contributed by atoms with Crippen LogP contribution in [0.25, 0.3) is 0 Å². The van der Waals surface area contributed by atoms with Crippen LogP contribution in [-0.4, -0.2) is 53.6 Å². The molecule has 6 atom stereocenters. The van der Waals surface area contributed by atoms with E-state index in [-0.39, 0.29) is 48.5 Å². The van der Waals surface area contributed by atoms with Crippen molar-refractivity contribution in [3.05, 3.63) is 0 Å². The molecule has 2 bridgehead atoms. The van der Waals surface area contributed by atoms with Crippen LogP contribution >= 0.6 is 0 Å². The van der Waals surface area contributed by atoms with Gasteiger partial charge in [-0.05, 0) is 32.1 Å². The van der Waals surface area contributed by atoms with Gasteiger partial charge in [0.25, 0.3) is 0 Å². The Bertz CT molecular complexity index is 463. The summed E-state index contributed by atoms with van der Waals surface area (Å²) in [7, 11) is 0. The lowest BCUT2D eigenvalue weighted by Crippen LogP contribution is -2.51. The fraction of sp³-hybridized carbons (Fsp3) is 1.00. The quantitative estimate of drug-likeness (QED) is 0.793. The van der Waals surface area contributed by atoms with E-state index in [2.05, 4.69) is 13.8 Å². The van der Waals surface area contributed by atoms with Crippen LogP contribution in [0.5, 0.6) is 0 Å². The second-order valence-corrected chi connectivity index (χ2v) is 8.41. The summed E-state index contributed by atoms with van der Waals surface area (Å²) < 4.78 is 26.1. The molecule has 4 aliphatic rings. The van der Waals surface area contributed by atoms with Crippen molar-refractivity contribution in [2.45, 2.75) is 120 Å². The molecule has 2 aliphatic heterocycles. The fourth-order valence-electron chi connectivity index (χ4n) is 5.56. The predicted molar refractivity (Wildman–Crippen MR) is 93.3 cm³/mol. The molecule has 2 heterocycles. The Labute approximate surface area is 151 Å². The Hall–Kier alpha value is -0.200. The first-order chi connectivity index (χ1) is 12.1. The smallest absolute Gasteiger partial charge is 0.169 e. The first-order valence-corrected chi connectivity index (χ1v) is 10.4. The number of hydrogen-bond donors (Lipinski definition) is 1. The Morgan fingerprint density at radius 3 is 2.52 bits per heavy atom. The molecule has 2 saturated carbocycles. The highest BCUT2D eigenvalue weighted by molar-refractivity contribution is 5.10. The average molecular weight is 354 g/mol. The molecule has 0 aromatic rings. The summed E-state index contributed by atoms with van der Waals surface area (Å²) in [5, 5.41) is 9.35. The number of fused-ring (bicyclic) bond motifs is 4. The van der Waals surface area contributed by atoms with Gasteiger partial charge in [-0.2, -0.15) is 0 Å². The first kappa shape index (κ1) is 18.2. The van der Waals surface area contributed by atoms with E-state index in [4.69, 9.17) is 18.9 Å². The van der Waals surface area contributed by atoms with Gasteiger partial charge in [0.15, 0.2) is 5.79 Å².